The highest BCUT2D eigenvalue weighted by Crippen LogP contribution is 2.44. The average molecular weight is 265 g/mol. The molecule has 0 bridgehead atoms. The summed E-state index contributed by atoms with van der Waals surface area (Å²) in [5.74, 6) is 0.664. The van der Waals surface area contributed by atoms with Crippen molar-refractivity contribution in [3.8, 4) is 0 Å². The summed E-state index contributed by atoms with van der Waals surface area (Å²) in [6.07, 6.45) is 0.926. The fourth-order valence-electron chi connectivity index (χ4n) is 3.28. The van der Waals surface area contributed by atoms with Crippen LogP contribution in [0.25, 0.3) is 0 Å². The minimum Gasteiger partial charge on any atom is -0.316 e. The largest absolute Gasteiger partial charge is 0.316 e. The predicted molar refractivity (Wildman–Crippen MR) is 73.3 cm³/mol. The lowest BCUT2D eigenvalue weighted by molar-refractivity contribution is -0.123. The summed E-state index contributed by atoms with van der Waals surface area (Å²) in [5, 5.41) is 4.12. The molecular formula is C14H17ClN2O. The van der Waals surface area contributed by atoms with Crippen LogP contribution in [-0.4, -0.2) is 26.0 Å². The number of hydrogen-bond donors (Lipinski definition) is 1. The van der Waals surface area contributed by atoms with Gasteiger partial charge in [-0.15, -0.1) is 0 Å². The Kier molecular flexibility index (Phi) is 2.83. The van der Waals surface area contributed by atoms with Crippen molar-refractivity contribution in [2.24, 2.45) is 5.92 Å². The van der Waals surface area contributed by atoms with Gasteiger partial charge in [0.05, 0.1) is 5.69 Å². The second-order valence-electron chi connectivity index (χ2n) is 5.21. The van der Waals surface area contributed by atoms with Crippen LogP contribution in [0.1, 0.15) is 23.5 Å². The van der Waals surface area contributed by atoms with Crippen LogP contribution in [0.4, 0.5) is 5.69 Å². The standard InChI is InChI=1S/C14H17ClN2O/c1-8-12(15)4-3-9-11-7-16-6-5-10(11)14(18)17(2)13(8)9/h3-4,10-11,16H,5-7H2,1-2H3. The van der Waals surface area contributed by atoms with E-state index in [1.807, 2.05) is 20.0 Å². The quantitative estimate of drug-likeness (QED) is 0.780. The van der Waals surface area contributed by atoms with E-state index in [9.17, 15) is 4.79 Å². The summed E-state index contributed by atoms with van der Waals surface area (Å²) < 4.78 is 0. The topological polar surface area (TPSA) is 32.3 Å². The van der Waals surface area contributed by atoms with Gasteiger partial charge in [0.25, 0.3) is 0 Å². The van der Waals surface area contributed by atoms with E-state index in [1.165, 1.54) is 5.56 Å². The number of carbonyl (C=O) groups is 1. The Hall–Kier alpha value is -1.06. The fraction of sp³-hybridized carbons (Fsp3) is 0.500. The normalized spacial score (nSPS) is 26.8. The molecule has 1 fully saturated rings. The molecule has 0 saturated carbocycles. The van der Waals surface area contributed by atoms with Gasteiger partial charge in [-0.25, -0.2) is 0 Å². The Bertz CT molecular complexity index is 515. The molecule has 2 aliphatic heterocycles. The zero-order valence-electron chi connectivity index (χ0n) is 10.7. The molecule has 1 aromatic rings. The summed E-state index contributed by atoms with van der Waals surface area (Å²) in [6.45, 7) is 3.81. The summed E-state index contributed by atoms with van der Waals surface area (Å²) in [4.78, 5) is 14.2. The highest BCUT2D eigenvalue weighted by atomic mass is 35.5. The Morgan fingerprint density at radius 3 is 2.94 bits per heavy atom. The van der Waals surface area contributed by atoms with E-state index in [0.717, 1.165) is 35.8 Å². The van der Waals surface area contributed by atoms with E-state index in [0.29, 0.717) is 5.92 Å². The van der Waals surface area contributed by atoms with Crippen molar-refractivity contribution in [2.45, 2.75) is 19.3 Å². The number of rotatable bonds is 0. The van der Waals surface area contributed by atoms with Gasteiger partial charge in [0, 0.05) is 30.5 Å². The van der Waals surface area contributed by atoms with Crippen LogP contribution in [-0.2, 0) is 4.79 Å². The lowest BCUT2D eigenvalue weighted by atomic mass is 9.76. The molecule has 0 aliphatic carbocycles. The van der Waals surface area contributed by atoms with Gasteiger partial charge < -0.3 is 10.2 Å². The highest BCUT2D eigenvalue weighted by molar-refractivity contribution is 6.32. The van der Waals surface area contributed by atoms with Gasteiger partial charge in [0.1, 0.15) is 0 Å². The number of benzene rings is 1. The molecule has 0 aromatic heterocycles. The van der Waals surface area contributed by atoms with E-state index in [2.05, 4.69) is 11.4 Å². The van der Waals surface area contributed by atoms with Crippen molar-refractivity contribution in [3.05, 3.63) is 28.3 Å². The zero-order valence-corrected chi connectivity index (χ0v) is 11.4. The lowest BCUT2D eigenvalue weighted by Gasteiger charge is -2.41. The minimum absolute atomic E-state index is 0.129. The SMILES string of the molecule is Cc1c(Cl)ccc2c1N(C)C(=O)C1CCNCC21. The van der Waals surface area contributed by atoms with Crippen LogP contribution in [0.5, 0.6) is 0 Å². The van der Waals surface area contributed by atoms with Crippen LogP contribution in [0.15, 0.2) is 12.1 Å². The second-order valence-corrected chi connectivity index (χ2v) is 5.62. The first kappa shape index (κ1) is 12.0. The third-order valence-corrected chi connectivity index (χ3v) is 4.67. The number of nitrogens with zero attached hydrogens (tertiary/aromatic N) is 1. The third-order valence-electron chi connectivity index (χ3n) is 4.26. The Morgan fingerprint density at radius 2 is 2.17 bits per heavy atom. The average Bonchev–Trinajstić information content (AvgIpc) is 2.39. The van der Waals surface area contributed by atoms with Crippen LogP contribution in [0.2, 0.25) is 5.02 Å². The van der Waals surface area contributed by atoms with Crippen LogP contribution < -0.4 is 10.2 Å². The molecular weight excluding hydrogens is 248 g/mol. The number of carbonyl (C=O) groups excluding carboxylic acids is 1. The molecule has 18 heavy (non-hydrogen) atoms. The van der Waals surface area contributed by atoms with Crippen molar-refractivity contribution < 1.29 is 4.79 Å². The molecule has 1 saturated heterocycles. The molecule has 0 spiro atoms. The minimum atomic E-state index is 0.129. The zero-order chi connectivity index (χ0) is 12.9. The van der Waals surface area contributed by atoms with E-state index >= 15 is 0 Å². The van der Waals surface area contributed by atoms with Crippen molar-refractivity contribution in [3.63, 3.8) is 0 Å². The predicted octanol–water partition coefficient (Wildman–Crippen LogP) is 2.32. The molecule has 1 aromatic carbocycles. The Morgan fingerprint density at radius 1 is 1.39 bits per heavy atom. The lowest BCUT2D eigenvalue weighted by Crippen LogP contribution is -2.48. The number of fused-ring (bicyclic) bond motifs is 3. The van der Waals surface area contributed by atoms with Crippen LogP contribution in [0, 0.1) is 12.8 Å². The van der Waals surface area contributed by atoms with Gasteiger partial charge in [-0.1, -0.05) is 17.7 Å². The monoisotopic (exact) mass is 264 g/mol. The van der Waals surface area contributed by atoms with E-state index in [4.69, 9.17) is 11.6 Å². The van der Waals surface area contributed by atoms with E-state index in [-0.39, 0.29) is 11.8 Å². The van der Waals surface area contributed by atoms with Crippen LogP contribution in [0.3, 0.4) is 0 Å². The summed E-state index contributed by atoms with van der Waals surface area (Å²) >= 11 is 6.18. The first-order chi connectivity index (χ1) is 8.61. The molecule has 3 nitrogen and oxygen atoms in total. The second kappa shape index (κ2) is 4.25. The molecule has 2 unspecified atom stereocenters. The summed E-state index contributed by atoms with van der Waals surface area (Å²) in [5.41, 5.74) is 3.28. The van der Waals surface area contributed by atoms with Crippen molar-refractivity contribution in [2.75, 3.05) is 25.0 Å². The summed E-state index contributed by atoms with van der Waals surface area (Å²) in [6, 6.07) is 4.03. The van der Waals surface area contributed by atoms with E-state index in [1.54, 1.807) is 4.90 Å². The highest BCUT2D eigenvalue weighted by Gasteiger charge is 2.40. The molecule has 96 valence electrons. The fourth-order valence-corrected chi connectivity index (χ4v) is 3.43. The van der Waals surface area contributed by atoms with Gasteiger partial charge in [0.2, 0.25) is 5.91 Å². The van der Waals surface area contributed by atoms with Gasteiger partial charge >= 0.3 is 0 Å². The Labute approximate surface area is 112 Å². The number of piperidine rings is 1. The van der Waals surface area contributed by atoms with Gasteiger partial charge in [-0.3, -0.25) is 4.79 Å². The van der Waals surface area contributed by atoms with Crippen molar-refractivity contribution >= 4 is 23.2 Å². The van der Waals surface area contributed by atoms with Crippen LogP contribution >= 0.6 is 11.6 Å². The first-order valence-electron chi connectivity index (χ1n) is 6.38. The van der Waals surface area contributed by atoms with Gasteiger partial charge in [-0.2, -0.15) is 0 Å². The maximum atomic E-state index is 12.4. The van der Waals surface area contributed by atoms with E-state index < -0.39 is 0 Å². The maximum Gasteiger partial charge on any atom is 0.230 e. The number of amides is 1. The van der Waals surface area contributed by atoms with Gasteiger partial charge in [0.15, 0.2) is 0 Å². The maximum absolute atomic E-state index is 12.4. The molecule has 2 heterocycles. The third kappa shape index (κ3) is 1.57. The van der Waals surface area contributed by atoms with Crippen molar-refractivity contribution in [1.82, 2.24) is 5.32 Å². The molecule has 2 atom stereocenters. The number of nitrogens with one attached hydrogen (secondary N) is 1. The van der Waals surface area contributed by atoms with Crippen molar-refractivity contribution in [1.29, 1.82) is 0 Å². The molecule has 3 rings (SSSR count). The Balaban J connectivity index is 2.18. The molecule has 0 radical (unpaired) electrons. The number of anilines is 1. The molecule has 1 N–H and O–H groups in total. The summed E-state index contributed by atoms with van der Waals surface area (Å²) in [7, 11) is 1.86. The smallest absolute Gasteiger partial charge is 0.230 e. The van der Waals surface area contributed by atoms with Gasteiger partial charge in [-0.05, 0) is 37.1 Å². The molecule has 2 aliphatic rings. The molecule has 1 amide bonds. The number of hydrogen-bond acceptors (Lipinski definition) is 2. The molecule has 4 heteroatoms. The first-order valence-corrected chi connectivity index (χ1v) is 6.76. The number of halogens is 1.